The molecule has 3 heterocycles. The number of halogens is 1. The van der Waals surface area contributed by atoms with Gasteiger partial charge in [-0.1, -0.05) is 12.1 Å². The lowest BCUT2D eigenvalue weighted by atomic mass is 9.88. The minimum absolute atomic E-state index is 0.136. The van der Waals surface area contributed by atoms with Crippen molar-refractivity contribution in [1.82, 2.24) is 0 Å². The van der Waals surface area contributed by atoms with Crippen LogP contribution < -0.4 is 11.3 Å². The molecule has 0 aliphatic rings. The highest BCUT2D eigenvalue weighted by molar-refractivity contribution is 9.10. The molecule has 2 aromatic carbocycles. The number of benzene rings is 2. The van der Waals surface area contributed by atoms with Gasteiger partial charge >= 0.3 is 11.3 Å². The lowest BCUT2D eigenvalue weighted by Crippen LogP contribution is -2.21. The Morgan fingerprint density at radius 3 is 1.63 bits per heavy atom. The Balaban J connectivity index is 1.93. The normalized spacial score (nSPS) is 11.7. The molecule has 8 heteroatoms. The van der Waals surface area contributed by atoms with E-state index in [1.807, 2.05) is 26.0 Å². The molecule has 178 valence electrons. The molecule has 0 radical (unpaired) electrons. The van der Waals surface area contributed by atoms with Gasteiger partial charge in [0.25, 0.3) is 0 Å². The first-order valence-electron chi connectivity index (χ1n) is 10.8. The van der Waals surface area contributed by atoms with Gasteiger partial charge in [-0.2, -0.15) is 0 Å². The molecule has 6 nitrogen and oxygen atoms in total. The maximum atomic E-state index is 13.3. The summed E-state index contributed by atoms with van der Waals surface area (Å²) in [6.07, 6.45) is 0. The zero-order chi connectivity index (χ0) is 25.2. The van der Waals surface area contributed by atoms with Crippen molar-refractivity contribution >= 4 is 49.2 Å². The standard InChI is InChI=1S/C27H21BrO6S/c1-11-5-13(3)24-16(7-11)22(29)20(26(31)33-24)19(18-9-15(28)10-35-18)21-23(30)17-8-12(2)6-14(4)25(17)34-27(21)32/h5-10,19,29-30H,1-4H3. The van der Waals surface area contributed by atoms with E-state index < -0.39 is 17.2 Å². The predicted octanol–water partition coefficient (Wildman–Crippen LogP) is 6.55. The number of thiophene rings is 1. The Hall–Kier alpha value is -3.36. The molecular formula is C27H21BrO6S. The van der Waals surface area contributed by atoms with Crippen LogP contribution in [0.5, 0.6) is 11.5 Å². The first kappa shape index (κ1) is 23.4. The quantitative estimate of drug-likeness (QED) is 0.246. The number of hydrogen-bond acceptors (Lipinski definition) is 7. The second kappa shape index (κ2) is 8.39. The van der Waals surface area contributed by atoms with Crippen molar-refractivity contribution in [3.63, 3.8) is 0 Å². The van der Waals surface area contributed by atoms with Gasteiger partial charge in [-0.05, 0) is 84.1 Å². The van der Waals surface area contributed by atoms with E-state index in [4.69, 9.17) is 8.83 Å². The molecule has 0 atom stereocenters. The first-order chi connectivity index (χ1) is 16.6. The van der Waals surface area contributed by atoms with Crippen LogP contribution in [0.15, 0.2) is 58.6 Å². The smallest absolute Gasteiger partial charge is 0.344 e. The van der Waals surface area contributed by atoms with Crippen LogP contribution in [0.3, 0.4) is 0 Å². The molecule has 0 amide bonds. The number of hydrogen-bond donors (Lipinski definition) is 2. The summed E-state index contributed by atoms with van der Waals surface area (Å²) in [5.41, 5.74) is 1.83. The maximum absolute atomic E-state index is 13.3. The molecule has 0 saturated heterocycles. The van der Waals surface area contributed by atoms with Crippen LogP contribution in [0.25, 0.3) is 21.9 Å². The maximum Gasteiger partial charge on any atom is 0.344 e. The molecule has 0 spiro atoms. The molecule has 0 aliphatic carbocycles. The van der Waals surface area contributed by atoms with Crippen molar-refractivity contribution in [3.8, 4) is 11.5 Å². The summed E-state index contributed by atoms with van der Waals surface area (Å²) >= 11 is 4.69. The fraction of sp³-hybridized carbons (Fsp3) is 0.185. The minimum atomic E-state index is -1.12. The number of rotatable bonds is 3. The SMILES string of the molecule is Cc1cc(C)c2oc(=O)c(C(c3cc(Br)cs3)c3c(O)c4cc(C)cc(C)c4oc3=O)c(O)c2c1. The Labute approximate surface area is 212 Å². The van der Waals surface area contributed by atoms with Gasteiger partial charge in [0.05, 0.1) is 27.8 Å². The summed E-state index contributed by atoms with van der Waals surface area (Å²) in [7, 11) is 0. The van der Waals surface area contributed by atoms with Crippen LogP contribution in [0.4, 0.5) is 0 Å². The van der Waals surface area contributed by atoms with Crippen molar-refractivity contribution in [2.45, 2.75) is 33.6 Å². The molecule has 2 N–H and O–H groups in total. The number of fused-ring (bicyclic) bond motifs is 2. The Bertz CT molecular complexity index is 1660. The molecule has 0 aliphatic heterocycles. The van der Waals surface area contributed by atoms with Gasteiger partial charge in [0.2, 0.25) is 0 Å². The highest BCUT2D eigenvalue weighted by Crippen LogP contribution is 2.44. The molecule has 5 aromatic rings. The topological polar surface area (TPSA) is 101 Å². The van der Waals surface area contributed by atoms with Crippen molar-refractivity contribution < 1.29 is 19.0 Å². The first-order valence-corrected chi connectivity index (χ1v) is 12.5. The average molecular weight is 553 g/mol. The van der Waals surface area contributed by atoms with Crippen LogP contribution in [0, 0.1) is 27.7 Å². The summed E-state index contributed by atoms with van der Waals surface area (Å²) in [5, 5.41) is 25.3. The van der Waals surface area contributed by atoms with Gasteiger partial charge in [0.1, 0.15) is 22.7 Å². The van der Waals surface area contributed by atoms with Crippen molar-refractivity contribution in [2.75, 3.05) is 0 Å². The zero-order valence-electron chi connectivity index (χ0n) is 19.4. The van der Waals surface area contributed by atoms with E-state index in [0.29, 0.717) is 26.8 Å². The summed E-state index contributed by atoms with van der Waals surface area (Å²) < 4.78 is 12.0. The molecule has 0 bridgehead atoms. The Morgan fingerprint density at radius 1 is 0.771 bits per heavy atom. The molecule has 0 saturated carbocycles. The summed E-state index contributed by atoms with van der Waals surface area (Å²) in [6, 6.07) is 8.89. The largest absolute Gasteiger partial charge is 0.507 e. The van der Waals surface area contributed by atoms with Crippen LogP contribution in [-0.4, -0.2) is 10.2 Å². The van der Waals surface area contributed by atoms with E-state index in [1.54, 1.807) is 37.4 Å². The zero-order valence-corrected chi connectivity index (χ0v) is 21.8. The van der Waals surface area contributed by atoms with Gasteiger partial charge in [-0.3, -0.25) is 0 Å². The molecule has 0 fully saturated rings. The number of aryl methyl sites for hydroxylation is 4. The number of aromatic hydroxyl groups is 2. The Kier molecular flexibility index (Phi) is 5.61. The third-order valence-electron chi connectivity index (χ3n) is 6.14. The lowest BCUT2D eigenvalue weighted by molar-refractivity contribution is 0.441. The Morgan fingerprint density at radius 2 is 1.23 bits per heavy atom. The van der Waals surface area contributed by atoms with E-state index in [0.717, 1.165) is 15.6 Å². The van der Waals surface area contributed by atoms with Gasteiger partial charge < -0.3 is 19.0 Å². The van der Waals surface area contributed by atoms with Crippen molar-refractivity contribution in [2.24, 2.45) is 0 Å². The summed E-state index contributed by atoms with van der Waals surface area (Å²) in [6.45, 7) is 7.33. The van der Waals surface area contributed by atoms with E-state index in [2.05, 4.69) is 15.9 Å². The predicted molar refractivity (Wildman–Crippen MR) is 140 cm³/mol. The molecule has 3 aromatic heterocycles. The van der Waals surface area contributed by atoms with E-state index in [1.165, 1.54) is 11.3 Å². The highest BCUT2D eigenvalue weighted by Gasteiger charge is 2.34. The van der Waals surface area contributed by atoms with Gasteiger partial charge in [0, 0.05) is 14.7 Å². The average Bonchev–Trinajstić information content (AvgIpc) is 3.20. The fourth-order valence-corrected chi connectivity index (χ4v) is 6.29. The van der Waals surface area contributed by atoms with E-state index in [9.17, 15) is 19.8 Å². The van der Waals surface area contributed by atoms with Gasteiger partial charge in [0.15, 0.2) is 0 Å². The van der Waals surface area contributed by atoms with Crippen LogP contribution in [0.2, 0.25) is 0 Å². The van der Waals surface area contributed by atoms with Crippen LogP contribution >= 0.6 is 27.3 Å². The van der Waals surface area contributed by atoms with Gasteiger partial charge in [-0.25, -0.2) is 9.59 Å². The van der Waals surface area contributed by atoms with Gasteiger partial charge in [-0.15, -0.1) is 11.3 Å². The fourth-order valence-electron chi connectivity index (χ4n) is 4.73. The monoisotopic (exact) mass is 552 g/mol. The lowest BCUT2D eigenvalue weighted by Gasteiger charge is -2.19. The summed E-state index contributed by atoms with van der Waals surface area (Å²) in [5.74, 6) is -1.71. The highest BCUT2D eigenvalue weighted by atomic mass is 79.9. The van der Waals surface area contributed by atoms with Crippen molar-refractivity contribution in [1.29, 1.82) is 0 Å². The van der Waals surface area contributed by atoms with Crippen molar-refractivity contribution in [3.05, 3.63) is 99.3 Å². The third-order valence-corrected chi connectivity index (χ3v) is 7.90. The third kappa shape index (κ3) is 3.77. The second-order valence-corrected chi connectivity index (χ2v) is 10.7. The van der Waals surface area contributed by atoms with Crippen LogP contribution in [-0.2, 0) is 0 Å². The van der Waals surface area contributed by atoms with Crippen LogP contribution in [0.1, 0.15) is 44.2 Å². The molecule has 5 rings (SSSR count). The summed E-state index contributed by atoms with van der Waals surface area (Å²) in [4.78, 5) is 27.2. The minimum Gasteiger partial charge on any atom is -0.507 e. The van der Waals surface area contributed by atoms with E-state index in [-0.39, 0.29) is 33.8 Å². The molecule has 0 unspecified atom stereocenters. The molecular weight excluding hydrogens is 532 g/mol. The van der Waals surface area contributed by atoms with E-state index >= 15 is 0 Å². The molecule has 35 heavy (non-hydrogen) atoms. The second-order valence-electron chi connectivity index (χ2n) is 8.82.